The van der Waals surface area contributed by atoms with E-state index in [1.165, 1.54) is 0 Å². The van der Waals surface area contributed by atoms with E-state index in [-0.39, 0.29) is 60.7 Å². The third-order valence-corrected chi connectivity index (χ3v) is 11.9. The van der Waals surface area contributed by atoms with Crippen LogP contribution in [0.4, 0.5) is 4.79 Å². The van der Waals surface area contributed by atoms with E-state index >= 15 is 0 Å². The Balaban J connectivity index is 1.58. The predicted molar refractivity (Wildman–Crippen MR) is 223 cm³/mol. The van der Waals surface area contributed by atoms with Crippen LogP contribution < -0.4 is 38.5 Å². The van der Waals surface area contributed by atoms with Crippen LogP contribution >= 0.6 is 11.8 Å². The van der Waals surface area contributed by atoms with Crippen LogP contribution in [0.5, 0.6) is 0 Å². The second-order valence-corrected chi connectivity index (χ2v) is 16.4. The first-order chi connectivity index (χ1) is 27.1. The monoisotopic (exact) mass is 811 g/mol. The minimum Gasteiger partial charge on any atom is -0.356 e. The summed E-state index contributed by atoms with van der Waals surface area (Å²) >= 11 is 1.89. The molecule has 0 radical (unpaired) electrons. The highest BCUT2D eigenvalue weighted by molar-refractivity contribution is 8.00. The summed E-state index contributed by atoms with van der Waals surface area (Å²) in [7, 11) is 1.73. The fourth-order valence-corrected chi connectivity index (χ4v) is 8.42. The maximum atomic E-state index is 13.5. The molecule has 2 aliphatic rings. The van der Waals surface area contributed by atoms with Gasteiger partial charge in [0.25, 0.3) is 0 Å². The van der Waals surface area contributed by atoms with Gasteiger partial charge in [-0.3, -0.25) is 24.0 Å². The van der Waals surface area contributed by atoms with Crippen LogP contribution in [0, 0.1) is 0 Å². The highest BCUT2D eigenvalue weighted by Gasteiger charge is 2.42. The van der Waals surface area contributed by atoms with E-state index in [0.717, 1.165) is 82.8 Å². The van der Waals surface area contributed by atoms with Gasteiger partial charge in [-0.1, -0.05) is 19.3 Å². The van der Waals surface area contributed by atoms with Crippen molar-refractivity contribution >= 4 is 47.3 Å². The minimum absolute atomic E-state index is 0.00523. The number of nitrogens with two attached hydrogens (primary N) is 3. The summed E-state index contributed by atoms with van der Waals surface area (Å²) < 4.78 is 0. The van der Waals surface area contributed by atoms with E-state index in [2.05, 4.69) is 21.3 Å². The van der Waals surface area contributed by atoms with Crippen molar-refractivity contribution < 1.29 is 28.8 Å². The van der Waals surface area contributed by atoms with Crippen LogP contribution in [-0.4, -0.2) is 146 Å². The standard InChI is InChI=1S/C39H74N10O6S/c1-47(25-13-8-20-40)36(53)28-49(27-15-10-22-42)37(54)29-48(26-14-9-21-41)35(52)19-5-3-12-24-43-33(50)17-4-2-11-23-44-34(51)18-7-6-16-32-38-31(30-56-32)45-39(55)46-38/h31-32,38H,2-30,40-42H2,1H3,(H,43,50)(H,44,51)(H2,45,46,55)/t31-,32?,38-/m0/s1. The van der Waals surface area contributed by atoms with Gasteiger partial charge in [-0.15, -0.1) is 0 Å². The van der Waals surface area contributed by atoms with Crippen molar-refractivity contribution in [3.63, 3.8) is 0 Å². The molecule has 2 rings (SSSR count). The number of urea groups is 1. The number of carbonyl (C=O) groups excluding carboxylic acids is 6. The molecule has 0 spiro atoms. The van der Waals surface area contributed by atoms with Crippen molar-refractivity contribution in [3.8, 4) is 0 Å². The summed E-state index contributed by atoms with van der Waals surface area (Å²) in [6.45, 7) is 3.99. The molecule has 2 saturated heterocycles. The zero-order chi connectivity index (χ0) is 41.0. The molecule has 0 saturated carbocycles. The molecule has 1 unspecified atom stereocenters. The van der Waals surface area contributed by atoms with Crippen LogP contribution in [-0.2, 0) is 24.0 Å². The fourth-order valence-electron chi connectivity index (χ4n) is 6.87. The number of nitrogens with one attached hydrogen (secondary N) is 4. The molecule has 0 aromatic carbocycles. The fraction of sp³-hybridized carbons (Fsp3) is 0.846. The Morgan fingerprint density at radius 2 is 1.14 bits per heavy atom. The van der Waals surface area contributed by atoms with Gasteiger partial charge in [0.15, 0.2) is 0 Å². The third-order valence-electron chi connectivity index (χ3n) is 10.4. The minimum atomic E-state index is -0.251. The van der Waals surface area contributed by atoms with Crippen molar-refractivity contribution in [2.45, 2.75) is 133 Å². The first-order valence-corrected chi connectivity index (χ1v) is 22.3. The van der Waals surface area contributed by atoms with E-state index in [1.54, 1.807) is 21.7 Å². The summed E-state index contributed by atoms with van der Waals surface area (Å²) in [6.07, 6.45) is 13.1. The third kappa shape index (κ3) is 20.8. The average molecular weight is 811 g/mol. The maximum Gasteiger partial charge on any atom is 0.315 e. The average Bonchev–Trinajstić information content (AvgIpc) is 3.74. The number of thioether (sulfide) groups is 1. The Morgan fingerprint density at radius 1 is 0.625 bits per heavy atom. The molecule has 56 heavy (non-hydrogen) atoms. The van der Waals surface area contributed by atoms with Gasteiger partial charge in [0.2, 0.25) is 29.5 Å². The number of rotatable bonds is 33. The van der Waals surface area contributed by atoms with Crippen molar-refractivity contribution in [2.75, 3.05) is 78.2 Å². The lowest BCUT2D eigenvalue weighted by Gasteiger charge is -2.29. The molecular weight excluding hydrogens is 737 g/mol. The first kappa shape index (κ1) is 49.0. The second-order valence-electron chi connectivity index (χ2n) is 15.1. The van der Waals surface area contributed by atoms with Gasteiger partial charge in [0, 0.05) is 70.0 Å². The molecule has 17 heteroatoms. The number of fused-ring (bicyclic) bond motifs is 1. The van der Waals surface area contributed by atoms with Crippen LogP contribution in [0.15, 0.2) is 0 Å². The molecule has 0 bridgehead atoms. The zero-order valence-corrected chi connectivity index (χ0v) is 35.0. The van der Waals surface area contributed by atoms with Gasteiger partial charge in [-0.2, -0.15) is 11.8 Å². The van der Waals surface area contributed by atoms with Crippen LogP contribution in [0.3, 0.4) is 0 Å². The summed E-state index contributed by atoms with van der Waals surface area (Å²) in [4.78, 5) is 80.5. The highest BCUT2D eigenvalue weighted by atomic mass is 32.2. The Labute approximate surface area is 339 Å². The topological polar surface area (TPSA) is 238 Å². The molecule has 0 aromatic heterocycles. The van der Waals surface area contributed by atoms with Crippen molar-refractivity contribution in [2.24, 2.45) is 17.2 Å². The van der Waals surface area contributed by atoms with Crippen molar-refractivity contribution in [1.82, 2.24) is 36.0 Å². The number of hydrogen-bond acceptors (Lipinski definition) is 10. The molecule has 0 aliphatic carbocycles. The van der Waals surface area contributed by atoms with Crippen molar-refractivity contribution in [1.29, 1.82) is 0 Å². The van der Waals surface area contributed by atoms with Crippen LogP contribution in [0.1, 0.15) is 116 Å². The molecule has 2 fully saturated rings. The first-order valence-electron chi connectivity index (χ1n) is 21.2. The Bertz CT molecular complexity index is 1180. The van der Waals surface area contributed by atoms with Gasteiger partial charge in [-0.05, 0) is 96.7 Å². The quantitative estimate of drug-likeness (QED) is 0.0372. The van der Waals surface area contributed by atoms with Crippen LogP contribution in [0.25, 0.3) is 0 Å². The van der Waals surface area contributed by atoms with Gasteiger partial charge in [0.1, 0.15) is 0 Å². The lowest BCUT2D eigenvalue weighted by atomic mass is 10.0. The molecule has 322 valence electrons. The molecule has 2 aliphatic heterocycles. The number of amides is 7. The van der Waals surface area contributed by atoms with Crippen molar-refractivity contribution in [3.05, 3.63) is 0 Å². The predicted octanol–water partition coefficient (Wildman–Crippen LogP) is 1.40. The molecule has 16 nitrogen and oxygen atoms in total. The zero-order valence-electron chi connectivity index (χ0n) is 34.2. The Hall–Kier alpha value is -3.15. The van der Waals surface area contributed by atoms with E-state index in [4.69, 9.17) is 17.2 Å². The second kappa shape index (κ2) is 30.0. The smallest absolute Gasteiger partial charge is 0.315 e. The number of unbranched alkanes of at least 4 members (excludes halogenated alkanes) is 8. The molecule has 2 heterocycles. The van der Waals surface area contributed by atoms with E-state index in [1.807, 2.05) is 11.8 Å². The maximum absolute atomic E-state index is 13.5. The van der Waals surface area contributed by atoms with E-state index in [9.17, 15) is 28.8 Å². The molecule has 10 N–H and O–H groups in total. The normalized spacial score (nSPS) is 17.1. The van der Waals surface area contributed by atoms with E-state index < -0.39 is 0 Å². The number of hydrogen-bond donors (Lipinski definition) is 7. The summed E-state index contributed by atoms with van der Waals surface area (Å²) in [5.41, 5.74) is 16.9. The number of nitrogens with zero attached hydrogens (tertiary/aromatic N) is 3. The van der Waals surface area contributed by atoms with Crippen LogP contribution in [0.2, 0.25) is 0 Å². The largest absolute Gasteiger partial charge is 0.356 e. The summed E-state index contributed by atoms with van der Waals surface area (Å²) in [5.74, 6) is 0.518. The molecule has 7 amide bonds. The number of carbonyl (C=O) groups is 6. The Morgan fingerprint density at radius 3 is 1.73 bits per heavy atom. The van der Waals surface area contributed by atoms with Gasteiger partial charge >= 0.3 is 6.03 Å². The lowest BCUT2D eigenvalue weighted by Crippen LogP contribution is -2.47. The lowest BCUT2D eigenvalue weighted by molar-refractivity contribution is -0.144. The summed E-state index contributed by atoms with van der Waals surface area (Å²) in [5, 5.41) is 12.3. The Kier molecular flexibility index (Phi) is 26.2. The molecule has 3 atom stereocenters. The SMILES string of the molecule is CN(CCCCN)C(=O)CN(CCCCN)C(=O)CN(CCCCN)C(=O)CCCCCNC(=O)CCCCCNC(=O)CCCCC1SC[C@@H]2NC(=O)N[C@H]12. The van der Waals surface area contributed by atoms with Gasteiger partial charge < -0.3 is 53.2 Å². The molecular formula is C39H74N10O6S. The number of likely N-dealkylation sites (N-methyl/N-ethyl adjacent to an activating group) is 1. The summed E-state index contributed by atoms with van der Waals surface area (Å²) in [6, 6.07) is 0.363. The van der Waals surface area contributed by atoms with E-state index in [0.29, 0.717) is 96.1 Å². The highest BCUT2D eigenvalue weighted by Crippen LogP contribution is 2.33. The van der Waals surface area contributed by atoms with Gasteiger partial charge in [-0.25, -0.2) is 4.79 Å². The molecule has 0 aromatic rings. The van der Waals surface area contributed by atoms with Gasteiger partial charge in [0.05, 0.1) is 25.2 Å².